The molecule has 114 valence electrons. The summed E-state index contributed by atoms with van der Waals surface area (Å²) >= 11 is 0. The smallest absolute Gasteiger partial charge is 0.262 e. The number of H-pyrrole nitrogens is 1. The molecule has 3 aromatic rings. The average Bonchev–Trinajstić information content (AvgIpc) is 2.94. The highest BCUT2D eigenvalue weighted by molar-refractivity contribution is 7.92. The summed E-state index contributed by atoms with van der Waals surface area (Å²) in [6.07, 6.45) is 1.63. The van der Waals surface area contributed by atoms with Crippen LogP contribution >= 0.6 is 0 Å². The van der Waals surface area contributed by atoms with Crippen molar-refractivity contribution < 1.29 is 17.5 Å². The topological polar surface area (TPSA) is 84.1 Å². The van der Waals surface area contributed by atoms with Gasteiger partial charge < -0.3 is 4.74 Å². The lowest BCUT2D eigenvalue weighted by Gasteiger charge is -2.09. The van der Waals surface area contributed by atoms with Crippen LogP contribution < -0.4 is 9.46 Å². The van der Waals surface area contributed by atoms with Crippen molar-refractivity contribution in [1.82, 2.24) is 10.2 Å². The Hall–Kier alpha value is -2.61. The molecular weight excluding hydrogens is 309 g/mol. The molecule has 0 spiro atoms. The molecule has 0 radical (unpaired) electrons. The standard InChI is InChI=1S/C14H12FN3O3S/c1-21-14-5-4-11(7-12(14)15)22(19,20)18-10-3-2-9-8-16-17-13(9)6-10/h2-8,18H,1H3,(H,16,17). The monoisotopic (exact) mass is 321 g/mol. The largest absolute Gasteiger partial charge is 0.494 e. The Labute approximate surface area is 126 Å². The van der Waals surface area contributed by atoms with Gasteiger partial charge in [0.2, 0.25) is 0 Å². The van der Waals surface area contributed by atoms with Gasteiger partial charge in [-0.25, -0.2) is 12.8 Å². The molecule has 0 atom stereocenters. The number of sulfonamides is 1. The van der Waals surface area contributed by atoms with Gasteiger partial charge in [-0.15, -0.1) is 0 Å². The third kappa shape index (κ3) is 2.60. The van der Waals surface area contributed by atoms with E-state index in [1.807, 2.05) is 0 Å². The van der Waals surface area contributed by atoms with Crippen LogP contribution in [0.3, 0.4) is 0 Å². The number of aromatic nitrogens is 2. The van der Waals surface area contributed by atoms with Gasteiger partial charge in [-0.3, -0.25) is 9.82 Å². The summed E-state index contributed by atoms with van der Waals surface area (Å²) < 4.78 is 45.4. The van der Waals surface area contributed by atoms with Crippen LogP contribution in [0.25, 0.3) is 10.9 Å². The van der Waals surface area contributed by atoms with E-state index in [9.17, 15) is 12.8 Å². The highest BCUT2D eigenvalue weighted by atomic mass is 32.2. The van der Waals surface area contributed by atoms with Gasteiger partial charge >= 0.3 is 0 Å². The zero-order valence-electron chi connectivity index (χ0n) is 11.5. The first kappa shape index (κ1) is 14.3. The fourth-order valence-electron chi connectivity index (χ4n) is 2.03. The molecule has 8 heteroatoms. The molecule has 22 heavy (non-hydrogen) atoms. The number of hydrogen-bond donors (Lipinski definition) is 2. The SMILES string of the molecule is COc1ccc(S(=O)(=O)Nc2ccc3cn[nH]c3c2)cc1F. The molecule has 2 N–H and O–H groups in total. The van der Waals surface area contributed by atoms with Crippen LogP contribution in [0, 0.1) is 5.82 Å². The fourth-order valence-corrected chi connectivity index (χ4v) is 3.09. The summed E-state index contributed by atoms with van der Waals surface area (Å²) in [6, 6.07) is 8.40. The molecule has 0 unspecified atom stereocenters. The molecule has 6 nitrogen and oxygen atoms in total. The number of nitrogens with zero attached hydrogens (tertiary/aromatic N) is 1. The van der Waals surface area contributed by atoms with E-state index >= 15 is 0 Å². The lowest BCUT2D eigenvalue weighted by atomic mass is 10.2. The maximum Gasteiger partial charge on any atom is 0.262 e. The zero-order valence-corrected chi connectivity index (χ0v) is 12.3. The van der Waals surface area contributed by atoms with E-state index < -0.39 is 15.8 Å². The average molecular weight is 321 g/mol. The molecule has 0 saturated heterocycles. The van der Waals surface area contributed by atoms with Crippen LogP contribution in [0.4, 0.5) is 10.1 Å². The quantitative estimate of drug-likeness (QED) is 0.773. The second kappa shape index (κ2) is 5.30. The molecular formula is C14H12FN3O3S. The Bertz CT molecular complexity index is 937. The van der Waals surface area contributed by atoms with E-state index in [4.69, 9.17) is 4.74 Å². The number of fused-ring (bicyclic) bond motifs is 1. The van der Waals surface area contributed by atoms with Crippen LogP contribution in [-0.2, 0) is 10.0 Å². The van der Waals surface area contributed by atoms with Gasteiger partial charge in [0.15, 0.2) is 11.6 Å². The van der Waals surface area contributed by atoms with Crippen LogP contribution in [0.15, 0.2) is 47.5 Å². The minimum atomic E-state index is -3.89. The Kier molecular flexibility index (Phi) is 3.45. The summed E-state index contributed by atoms with van der Waals surface area (Å²) in [5.41, 5.74) is 1.05. The molecule has 0 amide bonds. The Balaban J connectivity index is 1.93. The second-order valence-electron chi connectivity index (χ2n) is 4.57. The van der Waals surface area contributed by atoms with Crippen molar-refractivity contribution in [3.63, 3.8) is 0 Å². The van der Waals surface area contributed by atoms with E-state index in [0.717, 1.165) is 11.5 Å². The number of nitrogens with one attached hydrogen (secondary N) is 2. The fraction of sp³-hybridized carbons (Fsp3) is 0.0714. The third-order valence-corrected chi connectivity index (χ3v) is 4.51. The highest BCUT2D eigenvalue weighted by Crippen LogP contribution is 2.23. The minimum absolute atomic E-state index is 0.0159. The summed E-state index contributed by atoms with van der Waals surface area (Å²) in [6.45, 7) is 0. The van der Waals surface area contributed by atoms with Crippen molar-refractivity contribution in [2.45, 2.75) is 4.90 Å². The van der Waals surface area contributed by atoms with Crippen molar-refractivity contribution in [2.24, 2.45) is 0 Å². The Morgan fingerprint density at radius 2 is 2.05 bits per heavy atom. The predicted octanol–water partition coefficient (Wildman–Crippen LogP) is 2.51. The first-order valence-electron chi connectivity index (χ1n) is 6.29. The van der Waals surface area contributed by atoms with Crippen LogP contribution in [0.2, 0.25) is 0 Å². The van der Waals surface area contributed by atoms with Crippen molar-refractivity contribution in [2.75, 3.05) is 11.8 Å². The number of rotatable bonds is 4. The number of aromatic amines is 1. The van der Waals surface area contributed by atoms with Crippen molar-refractivity contribution in [3.8, 4) is 5.75 Å². The van der Waals surface area contributed by atoms with Crippen molar-refractivity contribution >= 4 is 26.6 Å². The number of benzene rings is 2. The molecule has 0 saturated carbocycles. The van der Waals surface area contributed by atoms with E-state index in [1.165, 1.54) is 19.2 Å². The maximum atomic E-state index is 13.7. The maximum absolute atomic E-state index is 13.7. The van der Waals surface area contributed by atoms with Gasteiger partial charge in [0, 0.05) is 5.39 Å². The van der Waals surface area contributed by atoms with E-state index in [1.54, 1.807) is 24.4 Å². The molecule has 0 bridgehead atoms. The first-order valence-corrected chi connectivity index (χ1v) is 7.77. The van der Waals surface area contributed by atoms with Crippen LogP contribution in [0.5, 0.6) is 5.75 Å². The van der Waals surface area contributed by atoms with Gasteiger partial charge in [-0.05, 0) is 36.4 Å². The van der Waals surface area contributed by atoms with E-state index in [-0.39, 0.29) is 10.6 Å². The second-order valence-corrected chi connectivity index (χ2v) is 6.26. The lowest BCUT2D eigenvalue weighted by molar-refractivity contribution is 0.385. The summed E-state index contributed by atoms with van der Waals surface area (Å²) in [4.78, 5) is -0.185. The molecule has 2 aromatic carbocycles. The molecule has 1 aromatic heterocycles. The molecule has 0 fully saturated rings. The van der Waals surface area contributed by atoms with Gasteiger partial charge in [0.1, 0.15) is 0 Å². The number of halogens is 1. The van der Waals surface area contributed by atoms with Gasteiger partial charge in [0.05, 0.1) is 29.4 Å². The van der Waals surface area contributed by atoms with Gasteiger partial charge in [-0.1, -0.05) is 0 Å². The third-order valence-electron chi connectivity index (χ3n) is 3.13. The van der Waals surface area contributed by atoms with Crippen LogP contribution in [-0.4, -0.2) is 25.7 Å². The summed E-state index contributed by atoms with van der Waals surface area (Å²) in [7, 11) is -2.58. The number of anilines is 1. The molecule has 0 aliphatic carbocycles. The highest BCUT2D eigenvalue weighted by Gasteiger charge is 2.17. The van der Waals surface area contributed by atoms with Gasteiger partial charge in [-0.2, -0.15) is 5.10 Å². The molecule has 3 rings (SSSR count). The summed E-state index contributed by atoms with van der Waals surface area (Å²) in [5, 5.41) is 7.47. The number of methoxy groups -OCH3 is 1. The van der Waals surface area contributed by atoms with E-state index in [0.29, 0.717) is 11.2 Å². The molecule has 0 aliphatic heterocycles. The van der Waals surface area contributed by atoms with Gasteiger partial charge in [0.25, 0.3) is 10.0 Å². The Morgan fingerprint density at radius 3 is 2.77 bits per heavy atom. The van der Waals surface area contributed by atoms with Crippen molar-refractivity contribution in [3.05, 3.63) is 48.4 Å². The number of hydrogen-bond acceptors (Lipinski definition) is 4. The minimum Gasteiger partial charge on any atom is -0.494 e. The predicted molar refractivity (Wildman–Crippen MR) is 79.9 cm³/mol. The number of ether oxygens (including phenoxy) is 1. The molecule has 1 heterocycles. The van der Waals surface area contributed by atoms with Crippen molar-refractivity contribution in [1.29, 1.82) is 0 Å². The van der Waals surface area contributed by atoms with Crippen LogP contribution in [0.1, 0.15) is 0 Å². The normalized spacial score (nSPS) is 11.5. The van der Waals surface area contributed by atoms with E-state index in [2.05, 4.69) is 14.9 Å². The first-order chi connectivity index (χ1) is 10.5. The Morgan fingerprint density at radius 1 is 1.23 bits per heavy atom. The lowest BCUT2D eigenvalue weighted by Crippen LogP contribution is -2.13. The summed E-state index contributed by atoms with van der Waals surface area (Å²) in [5.74, 6) is -0.757. The zero-order chi connectivity index (χ0) is 15.7. The molecule has 0 aliphatic rings.